The predicted molar refractivity (Wildman–Crippen MR) is 48.3 cm³/mol. The maximum absolute atomic E-state index is 10.5. The lowest BCUT2D eigenvalue weighted by Gasteiger charge is -2.03. The van der Waals surface area contributed by atoms with Crippen LogP contribution < -0.4 is 0 Å². The standard InChI is InChI=1S/C10H9NO3/c1-7(12)14-6-8-2-3-10(13)9(4-8)5-11/h2-4,13H,6H2,1H3. The summed E-state index contributed by atoms with van der Waals surface area (Å²) in [5.74, 6) is -0.448. The molecule has 0 aromatic heterocycles. The van der Waals surface area contributed by atoms with Gasteiger partial charge in [0.2, 0.25) is 0 Å². The van der Waals surface area contributed by atoms with Gasteiger partial charge < -0.3 is 9.84 Å². The molecule has 0 saturated heterocycles. The van der Waals surface area contributed by atoms with Crippen LogP contribution >= 0.6 is 0 Å². The van der Waals surface area contributed by atoms with E-state index in [-0.39, 0.29) is 23.9 Å². The van der Waals surface area contributed by atoms with Gasteiger partial charge in [-0.05, 0) is 17.7 Å². The van der Waals surface area contributed by atoms with E-state index in [4.69, 9.17) is 10.00 Å². The van der Waals surface area contributed by atoms with E-state index in [1.165, 1.54) is 19.1 Å². The highest BCUT2D eigenvalue weighted by atomic mass is 16.5. The molecule has 0 atom stereocenters. The van der Waals surface area contributed by atoms with Crippen LogP contribution in [0.1, 0.15) is 18.1 Å². The van der Waals surface area contributed by atoms with E-state index in [2.05, 4.69) is 0 Å². The molecule has 0 spiro atoms. The summed E-state index contributed by atoms with van der Waals surface area (Å²) < 4.78 is 4.74. The summed E-state index contributed by atoms with van der Waals surface area (Å²) in [5.41, 5.74) is 0.851. The van der Waals surface area contributed by atoms with Crippen molar-refractivity contribution in [3.63, 3.8) is 0 Å². The van der Waals surface area contributed by atoms with Crippen LogP contribution in [0.3, 0.4) is 0 Å². The maximum atomic E-state index is 10.5. The van der Waals surface area contributed by atoms with E-state index in [1.54, 1.807) is 6.07 Å². The van der Waals surface area contributed by atoms with Crippen LogP contribution in [0, 0.1) is 11.3 Å². The van der Waals surface area contributed by atoms with Crippen molar-refractivity contribution in [3.8, 4) is 11.8 Å². The lowest BCUT2D eigenvalue weighted by atomic mass is 10.1. The first-order chi connectivity index (χ1) is 6.63. The van der Waals surface area contributed by atoms with Gasteiger partial charge in [-0.3, -0.25) is 4.79 Å². The third kappa shape index (κ3) is 2.49. The minimum absolute atomic E-state index is 0.0703. The molecule has 0 fully saturated rings. The summed E-state index contributed by atoms with van der Waals surface area (Å²) >= 11 is 0. The van der Waals surface area contributed by atoms with E-state index in [1.807, 2.05) is 6.07 Å². The Labute approximate surface area is 81.4 Å². The van der Waals surface area contributed by atoms with Gasteiger partial charge in [-0.25, -0.2) is 0 Å². The number of aromatic hydroxyl groups is 1. The van der Waals surface area contributed by atoms with Gasteiger partial charge in [0.1, 0.15) is 18.4 Å². The Morgan fingerprint density at radius 2 is 2.36 bits per heavy atom. The van der Waals surface area contributed by atoms with Crippen molar-refractivity contribution in [1.82, 2.24) is 0 Å². The molecule has 0 heterocycles. The molecule has 1 N–H and O–H groups in total. The summed E-state index contributed by atoms with van der Waals surface area (Å²) in [5, 5.41) is 17.8. The van der Waals surface area contributed by atoms with Crippen LogP contribution in [0.5, 0.6) is 5.75 Å². The molecule has 0 aliphatic heterocycles. The number of ether oxygens (including phenoxy) is 1. The first-order valence-corrected chi connectivity index (χ1v) is 3.99. The van der Waals surface area contributed by atoms with Crippen molar-refractivity contribution < 1.29 is 14.6 Å². The SMILES string of the molecule is CC(=O)OCc1ccc(O)c(C#N)c1. The van der Waals surface area contributed by atoms with Crippen LogP contribution in [-0.4, -0.2) is 11.1 Å². The number of carbonyl (C=O) groups excluding carboxylic acids is 1. The van der Waals surface area contributed by atoms with Crippen molar-refractivity contribution in [2.24, 2.45) is 0 Å². The van der Waals surface area contributed by atoms with E-state index >= 15 is 0 Å². The number of hydrogen-bond acceptors (Lipinski definition) is 4. The largest absolute Gasteiger partial charge is 0.507 e. The molecule has 0 aliphatic carbocycles. The molecule has 1 aromatic rings. The zero-order chi connectivity index (χ0) is 10.6. The number of hydrogen-bond donors (Lipinski definition) is 1. The Bertz CT molecular complexity index is 393. The minimum Gasteiger partial charge on any atom is -0.507 e. The lowest BCUT2D eigenvalue weighted by molar-refractivity contribution is -0.142. The highest BCUT2D eigenvalue weighted by Gasteiger charge is 2.02. The number of phenolic OH excluding ortho intramolecular Hbond substituents is 1. The Balaban J connectivity index is 2.80. The van der Waals surface area contributed by atoms with Crippen molar-refractivity contribution in [2.75, 3.05) is 0 Å². The fourth-order valence-electron chi connectivity index (χ4n) is 0.947. The molecule has 0 unspecified atom stereocenters. The zero-order valence-corrected chi connectivity index (χ0v) is 7.65. The summed E-state index contributed by atoms with van der Waals surface area (Å²) in [6.07, 6.45) is 0. The van der Waals surface area contributed by atoms with Gasteiger partial charge in [0.05, 0.1) is 5.56 Å². The second-order valence-corrected chi connectivity index (χ2v) is 2.74. The van der Waals surface area contributed by atoms with Crippen molar-refractivity contribution in [2.45, 2.75) is 13.5 Å². The lowest BCUT2D eigenvalue weighted by Crippen LogP contribution is -1.98. The van der Waals surface area contributed by atoms with Crippen LogP contribution in [-0.2, 0) is 16.1 Å². The molecule has 4 nitrogen and oxygen atoms in total. The number of carbonyl (C=O) groups is 1. The Morgan fingerprint density at radius 3 is 2.93 bits per heavy atom. The number of benzene rings is 1. The quantitative estimate of drug-likeness (QED) is 0.716. The van der Waals surface area contributed by atoms with Crippen molar-refractivity contribution in [1.29, 1.82) is 5.26 Å². The third-order valence-corrected chi connectivity index (χ3v) is 1.62. The molecule has 0 bridgehead atoms. The average molecular weight is 191 g/mol. The van der Waals surface area contributed by atoms with E-state index in [9.17, 15) is 9.90 Å². The number of nitriles is 1. The molecule has 14 heavy (non-hydrogen) atoms. The third-order valence-electron chi connectivity index (χ3n) is 1.62. The van der Waals surface area contributed by atoms with Gasteiger partial charge in [0, 0.05) is 6.92 Å². The van der Waals surface area contributed by atoms with Gasteiger partial charge in [-0.15, -0.1) is 0 Å². The summed E-state index contributed by atoms with van der Waals surface area (Å²) in [6, 6.07) is 6.31. The molecule has 0 aliphatic rings. The van der Waals surface area contributed by atoms with Gasteiger partial charge in [0.15, 0.2) is 0 Å². The van der Waals surface area contributed by atoms with Crippen molar-refractivity contribution in [3.05, 3.63) is 29.3 Å². The highest BCUT2D eigenvalue weighted by Crippen LogP contribution is 2.17. The Hall–Kier alpha value is -2.02. The summed E-state index contributed by atoms with van der Waals surface area (Å²) in [7, 11) is 0. The second-order valence-electron chi connectivity index (χ2n) is 2.74. The molecule has 4 heteroatoms. The van der Waals surface area contributed by atoms with E-state index in [0.717, 1.165) is 0 Å². The minimum atomic E-state index is -0.378. The van der Waals surface area contributed by atoms with E-state index < -0.39 is 0 Å². The second kappa shape index (κ2) is 4.28. The van der Waals surface area contributed by atoms with Crippen LogP contribution in [0.2, 0.25) is 0 Å². The first kappa shape index (κ1) is 10.1. The summed E-state index contributed by atoms with van der Waals surface area (Å²) in [6.45, 7) is 1.43. The van der Waals surface area contributed by atoms with Gasteiger partial charge in [0.25, 0.3) is 0 Å². The molecule has 0 amide bonds. The molecular formula is C10H9NO3. The van der Waals surface area contributed by atoms with Gasteiger partial charge in [-0.2, -0.15) is 5.26 Å². The molecule has 0 radical (unpaired) electrons. The topological polar surface area (TPSA) is 70.3 Å². The fraction of sp³-hybridized carbons (Fsp3) is 0.200. The van der Waals surface area contributed by atoms with E-state index in [0.29, 0.717) is 5.56 Å². The fourth-order valence-corrected chi connectivity index (χ4v) is 0.947. The number of rotatable bonds is 2. The monoisotopic (exact) mass is 191 g/mol. The number of phenols is 1. The van der Waals surface area contributed by atoms with Crippen LogP contribution in [0.25, 0.3) is 0 Å². The maximum Gasteiger partial charge on any atom is 0.302 e. The van der Waals surface area contributed by atoms with Crippen LogP contribution in [0.4, 0.5) is 0 Å². The average Bonchev–Trinajstić information content (AvgIpc) is 2.16. The Kier molecular flexibility index (Phi) is 3.08. The summed E-state index contributed by atoms with van der Waals surface area (Å²) in [4.78, 5) is 10.5. The molecular weight excluding hydrogens is 182 g/mol. The predicted octanol–water partition coefficient (Wildman–Crippen LogP) is 1.33. The first-order valence-electron chi connectivity index (χ1n) is 3.99. The number of esters is 1. The molecule has 0 saturated carbocycles. The molecule has 72 valence electrons. The van der Waals surface area contributed by atoms with Crippen LogP contribution in [0.15, 0.2) is 18.2 Å². The molecule has 1 aromatic carbocycles. The van der Waals surface area contributed by atoms with Gasteiger partial charge in [-0.1, -0.05) is 6.07 Å². The van der Waals surface area contributed by atoms with Crippen molar-refractivity contribution >= 4 is 5.97 Å². The normalized spacial score (nSPS) is 9.14. The highest BCUT2D eigenvalue weighted by molar-refractivity contribution is 5.65. The zero-order valence-electron chi connectivity index (χ0n) is 7.65. The Morgan fingerprint density at radius 1 is 1.64 bits per heavy atom. The molecule has 1 rings (SSSR count). The van der Waals surface area contributed by atoms with Gasteiger partial charge >= 0.3 is 5.97 Å². The number of nitrogens with zero attached hydrogens (tertiary/aromatic N) is 1. The smallest absolute Gasteiger partial charge is 0.302 e.